The molecule has 1 saturated carbocycles. The molecule has 3 aromatic rings. The Morgan fingerprint density at radius 1 is 1.17 bits per heavy atom. The van der Waals surface area contributed by atoms with E-state index in [1.165, 1.54) is 12.3 Å². The van der Waals surface area contributed by atoms with Gasteiger partial charge < -0.3 is 14.8 Å². The third-order valence-corrected chi connectivity index (χ3v) is 5.16. The predicted octanol–water partition coefficient (Wildman–Crippen LogP) is 4.50. The van der Waals surface area contributed by atoms with Gasteiger partial charge in [0.25, 0.3) is 0 Å². The summed E-state index contributed by atoms with van der Waals surface area (Å²) in [6.45, 7) is 0.340. The molecule has 9 heteroatoms. The first-order valence-electron chi connectivity index (χ1n) is 9.37. The third kappa shape index (κ3) is 4.16. The number of alkyl halides is 3. The standard InChI is InChI=1S/C21H19F4N3O2/c1-29-20-18(21(23,24)25)8-15(10-28-20)30-14-6-13(7-14)27-11-17-16-4-5-26-9-12(16)2-3-19(17)22/h2-5,8-10,13-14,27H,6-7,11H2,1H3/t13-,14-. The van der Waals surface area contributed by atoms with E-state index in [0.717, 1.165) is 23.9 Å². The highest BCUT2D eigenvalue weighted by atomic mass is 19.4. The first-order valence-corrected chi connectivity index (χ1v) is 9.37. The highest BCUT2D eigenvalue weighted by Crippen LogP contribution is 2.37. The van der Waals surface area contributed by atoms with Crippen molar-refractivity contribution in [3.63, 3.8) is 0 Å². The number of ether oxygens (including phenoxy) is 2. The van der Waals surface area contributed by atoms with Gasteiger partial charge in [-0.25, -0.2) is 9.37 Å². The molecule has 0 radical (unpaired) electrons. The molecule has 0 bridgehead atoms. The number of nitrogens with one attached hydrogen (secondary N) is 1. The molecule has 0 aliphatic heterocycles. The summed E-state index contributed by atoms with van der Waals surface area (Å²) in [6.07, 6.45) is 0.900. The Kier molecular flexibility index (Phi) is 5.46. The van der Waals surface area contributed by atoms with Gasteiger partial charge in [-0.05, 0) is 42.5 Å². The topological polar surface area (TPSA) is 56.3 Å². The number of fused-ring (bicyclic) bond motifs is 1. The average Bonchev–Trinajstić information content (AvgIpc) is 2.70. The lowest BCUT2D eigenvalue weighted by Gasteiger charge is -2.36. The van der Waals surface area contributed by atoms with Gasteiger partial charge in [0.05, 0.1) is 13.3 Å². The molecular weight excluding hydrogens is 402 g/mol. The molecule has 5 nitrogen and oxygen atoms in total. The molecule has 30 heavy (non-hydrogen) atoms. The van der Waals surface area contributed by atoms with Gasteiger partial charge in [0.1, 0.15) is 23.2 Å². The fraction of sp³-hybridized carbons (Fsp3) is 0.333. The third-order valence-electron chi connectivity index (χ3n) is 5.16. The second-order valence-electron chi connectivity index (χ2n) is 7.14. The van der Waals surface area contributed by atoms with Crippen LogP contribution >= 0.6 is 0 Å². The van der Waals surface area contributed by atoms with E-state index in [9.17, 15) is 17.6 Å². The summed E-state index contributed by atoms with van der Waals surface area (Å²) in [4.78, 5) is 7.72. The normalized spacial score (nSPS) is 18.8. The summed E-state index contributed by atoms with van der Waals surface area (Å²) < 4.78 is 63.8. The summed E-state index contributed by atoms with van der Waals surface area (Å²) in [7, 11) is 1.13. The molecule has 0 saturated heterocycles. The number of nitrogens with zero attached hydrogens (tertiary/aromatic N) is 2. The molecule has 1 N–H and O–H groups in total. The van der Waals surface area contributed by atoms with E-state index in [1.54, 1.807) is 24.5 Å². The van der Waals surface area contributed by atoms with Crippen LogP contribution in [0, 0.1) is 5.82 Å². The summed E-state index contributed by atoms with van der Waals surface area (Å²) in [5.74, 6) is -0.744. The number of rotatable bonds is 6. The molecule has 2 heterocycles. The second kappa shape index (κ2) is 8.06. The van der Waals surface area contributed by atoms with Crippen molar-refractivity contribution in [3.8, 4) is 11.6 Å². The number of halogens is 4. The van der Waals surface area contributed by atoms with Crippen LogP contribution in [0.1, 0.15) is 24.0 Å². The summed E-state index contributed by atoms with van der Waals surface area (Å²) in [5, 5.41) is 4.94. The highest BCUT2D eigenvalue weighted by molar-refractivity contribution is 5.84. The van der Waals surface area contributed by atoms with Crippen LogP contribution in [-0.2, 0) is 12.7 Å². The van der Waals surface area contributed by atoms with Crippen LogP contribution in [-0.4, -0.2) is 29.2 Å². The first-order chi connectivity index (χ1) is 14.3. The minimum Gasteiger partial charge on any atom is -0.489 e. The van der Waals surface area contributed by atoms with Gasteiger partial charge in [-0.15, -0.1) is 0 Å². The van der Waals surface area contributed by atoms with Crippen molar-refractivity contribution in [2.24, 2.45) is 0 Å². The van der Waals surface area contributed by atoms with E-state index < -0.39 is 17.6 Å². The van der Waals surface area contributed by atoms with E-state index in [1.807, 2.05) is 0 Å². The molecule has 0 spiro atoms. The quantitative estimate of drug-likeness (QED) is 0.594. The fourth-order valence-electron chi connectivity index (χ4n) is 3.52. The summed E-state index contributed by atoms with van der Waals surface area (Å²) >= 11 is 0. The molecule has 1 aliphatic carbocycles. The predicted molar refractivity (Wildman–Crippen MR) is 102 cm³/mol. The van der Waals surface area contributed by atoms with Crippen molar-refractivity contribution >= 4 is 10.8 Å². The van der Waals surface area contributed by atoms with Gasteiger partial charge in [0.15, 0.2) is 0 Å². The van der Waals surface area contributed by atoms with E-state index in [2.05, 4.69) is 20.0 Å². The first kappa shape index (κ1) is 20.3. The van der Waals surface area contributed by atoms with Crippen LogP contribution in [0.2, 0.25) is 0 Å². The van der Waals surface area contributed by atoms with Gasteiger partial charge in [0.2, 0.25) is 5.88 Å². The molecular formula is C21H19F4N3O2. The Bertz CT molecular complexity index is 1050. The SMILES string of the molecule is COc1ncc(O[C@H]2C[C@H](NCc3c(F)ccc4cnccc34)C2)cc1C(F)(F)F. The molecule has 2 aromatic heterocycles. The lowest BCUT2D eigenvalue weighted by atomic mass is 9.89. The van der Waals surface area contributed by atoms with Crippen LogP contribution in [0.5, 0.6) is 11.6 Å². The van der Waals surface area contributed by atoms with Gasteiger partial charge in [-0.2, -0.15) is 13.2 Å². The molecule has 0 amide bonds. The zero-order valence-electron chi connectivity index (χ0n) is 16.0. The molecule has 0 unspecified atom stereocenters. The Labute approximate surface area is 170 Å². The monoisotopic (exact) mass is 421 g/mol. The van der Waals surface area contributed by atoms with Gasteiger partial charge in [0, 0.05) is 35.9 Å². The highest BCUT2D eigenvalue weighted by Gasteiger charge is 2.37. The summed E-state index contributed by atoms with van der Waals surface area (Å²) in [5.41, 5.74) is -0.411. The van der Waals surface area contributed by atoms with Crippen molar-refractivity contribution in [1.82, 2.24) is 15.3 Å². The zero-order chi connectivity index (χ0) is 21.3. The lowest BCUT2D eigenvalue weighted by molar-refractivity contribution is -0.139. The largest absolute Gasteiger partial charge is 0.489 e. The minimum absolute atomic E-state index is 0.0409. The number of aromatic nitrogens is 2. The van der Waals surface area contributed by atoms with Crippen molar-refractivity contribution in [1.29, 1.82) is 0 Å². The van der Waals surface area contributed by atoms with E-state index in [-0.39, 0.29) is 23.7 Å². The Morgan fingerprint density at radius 2 is 1.97 bits per heavy atom. The second-order valence-corrected chi connectivity index (χ2v) is 7.14. The molecule has 0 atom stereocenters. The summed E-state index contributed by atoms with van der Waals surface area (Å²) in [6, 6.07) is 5.86. The van der Waals surface area contributed by atoms with Gasteiger partial charge in [-0.3, -0.25) is 4.98 Å². The number of hydrogen-bond donors (Lipinski definition) is 1. The van der Waals surface area contributed by atoms with E-state index in [0.29, 0.717) is 24.9 Å². The van der Waals surface area contributed by atoms with Crippen molar-refractivity contribution in [2.75, 3.05) is 7.11 Å². The van der Waals surface area contributed by atoms with Crippen molar-refractivity contribution in [2.45, 2.75) is 37.7 Å². The molecule has 158 valence electrons. The molecule has 1 aromatic carbocycles. The number of pyridine rings is 2. The lowest BCUT2D eigenvalue weighted by Crippen LogP contribution is -2.46. The molecule has 1 aliphatic rings. The number of hydrogen-bond acceptors (Lipinski definition) is 5. The Morgan fingerprint density at radius 3 is 2.70 bits per heavy atom. The van der Waals surface area contributed by atoms with E-state index >= 15 is 0 Å². The number of benzene rings is 1. The molecule has 4 rings (SSSR count). The zero-order valence-corrected chi connectivity index (χ0v) is 16.0. The van der Waals surface area contributed by atoms with E-state index in [4.69, 9.17) is 4.74 Å². The number of methoxy groups -OCH3 is 1. The van der Waals surface area contributed by atoms with Crippen LogP contribution in [0.15, 0.2) is 42.9 Å². The maximum absolute atomic E-state index is 14.3. The van der Waals surface area contributed by atoms with Crippen molar-refractivity contribution in [3.05, 3.63) is 59.8 Å². The van der Waals surface area contributed by atoms with Crippen LogP contribution in [0.4, 0.5) is 17.6 Å². The Balaban J connectivity index is 1.35. The van der Waals surface area contributed by atoms with Crippen LogP contribution in [0.25, 0.3) is 10.8 Å². The van der Waals surface area contributed by atoms with Crippen LogP contribution < -0.4 is 14.8 Å². The van der Waals surface area contributed by atoms with Gasteiger partial charge >= 0.3 is 6.18 Å². The minimum atomic E-state index is -4.58. The van der Waals surface area contributed by atoms with Gasteiger partial charge in [-0.1, -0.05) is 0 Å². The fourth-order valence-corrected chi connectivity index (χ4v) is 3.52. The molecule has 1 fully saturated rings. The smallest absolute Gasteiger partial charge is 0.421 e. The van der Waals surface area contributed by atoms with Crippen molar-refractivity contribution < 1.29 is 27.0 Å². The average molecular weight is 421 g/mol. The Hall–Kier alpha value is -2.94. The maximum atomic E-state index is 14.3. The maximum Gasteiger partial charge on any atom is 0.421 e. The van der Waals surface area contributed by atoms with Crippen LogP contribution in [0.3, 0.4) is 0 Å².